The van der Waals surface area contributed by atoms with Crippen LogP contribution in [-0.4, -0.2) is 32.1 Å². The van der Waals surface area contributed by atoms with Crippen molar-refractivity contribution >= 4 is 23.8 Å². The molecule has 0 unspecified atom stereocenters. The molecule has 3 aromatic rings. The zero-order valence-corrected chi connectivity index (χ0v) is 17.3. The number of hydrogen-bond acceptors (Lipinski definition) is 4. The van der Waals surface area contributed by atoms with Gasteiger partial charge < -0.3 is 10.1 Å². The average Bonchev–Trinajstić information content (AvgIpc) is 3.37. The van der Waals surface area contributed by atoms with Gasteiger partial charge in [0, 0.05) is 18.3 Å². The van der Waals surface area contributed by atoms with Crippen LogP contribution in [0.2, 0.25) is 0 Å². The number of rotatable bonds is 6. The first kappa shape index (κ1) is 19.4. The van der Waals surface area contributed by atoms with Crippen LogP contribution in [0.5, 0.6) is 5.75 Å². The van der Waals surface area contributed by atoms with Crippen molar-refractivity contribution in [2.45, 2.75) is 44.6 Å². The fourth-order valence-electron chi connectivity index (χ4n) is 3.88. The topological polar surface area (TPSA) is 66.0 Å². The second kappa shape index (κ2) is 8.65. The predicted molar refractivity (Wildman–Crippen MR) is 114 cm³/mol. The number of anilines is 1. The molecule has 2 aromatic heterocycles. The number of ether oxygens (including phenoxy) is 1. The van der Waals surface area contributed by atoms with Crippen molar-refractivity contribution in [2.24, 2.45) is 0 Å². The Bertz CT molecular complexity index is 1030. The molecule has 2 heterocycles. The molecule has 7 nitrogen and oxygen atoms in total. The number of nitrogens with one attached hydrogen (secondary N) is 1. The monoisotopic (exact) mass is 411 g/mol. The first-order valence-electron chi connectivity index (χ1n) is 9.93. The van der Waals surface area contributed by atoms with Crippen molar-refractivity contribution in [3.63, 3.8) is 0 Å². The van der Waals surface area contributed by atoms with E-state index in [0.29, 0.717) is 22.1 Å². The smallest absolute Gasteiger partial charge is 0.246 e. The summed E-state index contributed by atoms with van der Waals surface area (Å²) < 4.78 is 11.3. The van der Waals surface area contributed by atoms with E-state index in [4.69, 9.17) is 22.1 Å². The number of benzene rings is 1. The van der Waals surface area contributed by atoms with Crippen LogP contribution in [0.4, 0.5) is 5.69 Å². The summed E-state index contributed by atoms with van der Waals surface area (Å²) in [6.07, 6.45) is 9.75. The second-order valence-electron chi connectivity index (χ2n) is 7.26. The largest absolute Gasteiger partial charge is 0.495 e. The fraction of sp³-hybridized carbons (Fsp3) is 0.381. The summed E-state index contributed by atoms with van der Waals surface area (Å²) in [5.41, 5.74) is 0.629. The van der Waals surface area contributed by atoms with E-state index in [-0.39, 0.29) is 12.5 Å². The van der Waals surface area contributed by atoms with Crippen LogP contribution in [0.3, 0.4) is 0 Å². The maximum Gasteiger partial charge on any atom is 0.246 e. The van der Waals surface area contributed by atoms with Crippen LogP contribution >= 0.6 is 12.2 Å². The lowest BCUT2D eigenvalue weighted by Crippen LogP contribution is -2.20. The molecule has 1 N–H and O–H groups in total. The van der Waals surface area contributed by atoms with Gasteiger partial charge >= 0.3 is 0 Å². The van der Waals surface area contributed by atoms with Gasteiger partial charge in [0.05, 0.1) is 12.8 Å². The minimum Gasteiger partial charge on any atom is -0.495 e. The number of amides is 1. The molecule has 1 aliphatic rings. The Morgan fingerprint density at radius 3 is 2.62 bits per heavy atom. The Morgan fingerprint density at radius 2 is 1.90 bits per heavy atom. The summed E-state index contributed by atoms with van der Waals surface area (Å²) in [6.45, 7) is 0.0465. The normalized spacial score (nSPS) is 14.7. The molecule has 1 aromatic carbocycles. The second-order valence-corrected chi connectivity index (χ2v) is 7.62. The summed E-state index contributed by atoms with van der Waals surface area (Å²) in [5.74, 6) is 1.70. The lowest BCUT2D eigenvalue weighted by atomic mass is 9.89. The zero-order chi connectivity index (χ0) is 20.2. The van der Waals surface area contributed by atoms with E-state index in [9.17, 15) is 4.79 Å². The number of hydrogen-bond donors (Lipinski definition) is 1. The molecule has 4 rings (SSSR count). The molecule has 0 bridgehead atoms. The van der Waals surface area contributed by atoms with Crippen LogP contribution < -0.4 is 10.1 Å². The van der Waals surface area contributed by atoms with Crippen LogP contribution in [0.1, 0.15) is 43.8 Å². The minimum absolute atomic E-state index is 0.0465. The fourth-order valence-corrected chi connectivity index (χ4v) is 4.18. The van der Waals surface area contributed by atoms with Crippen LogP contribution in [0.15, 0.2) is 48.8 Å². The molecule has 0 saturated heterocycles. The average molecular weight is 412 g/mol. The molecule has 0 atom stereocenters. The van der Waals surface area contributed by atoms with Gasteiger partial charge in [0.25, 0.3) is 0 Å². The number of aromatic nitrogens is 4. The molecule has 0 spiro atoms. The van der Waals surface area contributed by atoms with E-state index in [1.54, 1.807) is 11.8 Å². The first-order valence-corrected chi connectivity index (χ1v) is 10.3. The Balaban J connectivity index is 1.62. The molecule has 1 saturated carbocycles. The Kier molecular flexibility index (Phi) is 5.80. The summed E-state index contributed by atoms with van der Waals surface area (Å²) in [7, 11) is 1.58. The predicted octanol–water partition coefficient (Wildman–Crippen LogP) is 4.22. The Morgan fingerprint density at radius 1 is 1.17 bits per heavy atom. The number of carbonyl (C=O) groups is 1. The van der Waals surface area contributed by atoms with Crippen molar-refractivity contribution in [1.82, 2.24) is 19.1 Å². The van der Waals surface area contributed by atoms with Gasteiger partial charge in [0.1, 0.15) is 12.3 Å². The maximum atomic E-state index is 12.7. The molecule has 1 fully saturated rings. The number of carbonyl (C=O) groups excluding carboxylic acids is 1. The lowest BCUT2D eigenvalue weighted by Gasteiger charge is -2.21. The van der Waals surface area contributed by atoms with Crippen molar-refractivity contribution in [3.05, 3.63) is 59.4 Å². The number of methoxy groups -OCH3 is 1. The van der Waals surface area contributed by atoms with Crippen LogP contribution in [-0.2, 0) is 11.3 Å². The van der Waals surface area contributed by atoms with Gasteiger partial charge in [-0.3, -0.25) is 9.47 Å². The minimum atomic E-state index is -0.196. The molecule has 1 aliphatic carbocycles. The SMILES string of the molecule is COc1ccccc1NC(=O)Cn1nc(C2CCCCC2)n(-n2cccc2)c1=S. The van der Waals surface area contributed by atoms with Gasteiger partial charge in [-0.2, -0.15) is 5.10 Å². The molecule has 29 heavy (non-hydrogen) atoms. The highest BCUT2D eigenvalue weighted by atomic mass is 32.1. The number of nitrogens with zero attached hydrogens (tertiary/aromatic N) is 4. The highest BCUT2D eigenvalue weighted by Crippen LogP contribution is 2.32. The van der Waals surface area contributed by atoms with E-state index in [1.807, 2.05) is 58.1 Å². The number of para-hydroxylation sites is 2. The third kappa shape index (κ3) is 4.12. The third-order valence-corrected chi connectivity index (χ3v) is 5.69. The molecule has 8 heteroatoms. The van der Waals surface area contributed by atoms with E-state index < -0.39 is 0 Å². The van der Waals surface area contributed by atoms with E-state index >= 15 is 0 Å². The standard InChI is InChI=1S/C21H25N5O2S/c1-28-18-12-6-5-11-17(18)22-19(27)15-25-21(29)26(24-13-7-8-14-24)20(23-25)16-9-3-2-4-10-16/h5-8,11-14,16H,2-4,9-10,15H2,1H3,(H,22,27). The Hall–Kier alpha value is -2.87. The highest BCUT2D eigenvalue weighted by molar-refractivity contribution is 7.71. The van der Waals surface area contributed by atoms with Gasteiger partial charge in [0.2, 0.25) is 10.7 Å². The van der Waals surface area contributed by atoms with Gasteiger partial charge in [-0.05, 0) is 49.3 Å². The van der Waals surface area contributed by atoms with Crippen molar-refractivity contribution < 1.29 is 9.53 Å². The summed E-state index contributed by atoms with van der Waals surface area (Å²) >= 11 is 5.70. The van der Waals surface area contributed by atoms with Gasteiger partial charge in [-0.1, -0.05) is 31.4 Å². The quantitative estimate of drug-likeness (QED) is 0.617. The summed E-state index contributed by atoms with van der Waals surface area (Å²) in [5, 5.41) is 7.67. The molecule has 0 radical (unpaired) electrons. The molecule has 1 amide bonds. The van der Waals surface area contributed by atoms with Crippen LogP contribution in [0, 0.1) is 4.77 Å². The van der Waals surface area contributed by atoms with Crippen molar-refractivity contribution in [2.75, 3.05) is 12.4 Å². The highest BCUT2D eigenvalue weighted by Gasteiger charge is 2.24. The molecular weight excluding hydrogens is 386 g/mol. The van der Waals surface area contributed by atoms with E-state index in [0.717, 1.165) is 18.7 Å². The maximum absolute atomic E-state index is 12.7. The van der Waals surface area contributed by atoms with Gasteiger partial charge in [-0.15, -0.1) is 0 Å². The summed E-state index contributed by atoms with van der Waals surface area (Å²) in [4.78, 5) is 12.7. The van der Waals surface area contributed by atoms with Crippen molar-refractivity contribution in [3.8, 4) is 5.75 Å². The van der Waals surface area contributed by atoms with Gasteiger partial charge in [-0.25, -0.2) is 9.36 Å². The molecule has 152 valence electrons. The Labute approximate surface area is 174 Å². The van der Waals surface area contributed by atoms with Gasteiger partial charge in [0.15, 0.2) is 5.82 Å². The zero-order valence-electron chi connectivity index (χ0n) is 16.5. The van der Waals surface area contributed by atoms with E-state index in [2.05, 4.69) is 5.32 Å². The lowest BCUT2D eigenvalue weighted by molar-refractivity contribution is -0.117. The molecular formula is C21H25N5O2S. The van der Waals surface area contributed by atoms with Crippen LogP contribution in [0.25, 0.3) is 0 Å². The first-order chi connectivity index (χ1) is 14.2. The third-order valence-electron chi connectivity index (χ3n) is 5.31. The molecule has 0 aliphatic heterocycles. The van der Waals surface area contributed by atoms with E-state index in [1.165, 1.54) is 19.3 Å². The van der Waals surface area contributed by atoms with Crippen molar-refractivity contribution in [1.29, 1.82) is 0 Å². The summed E-state index contributed by atoms with van der Waals surface area (Å²) in [6, 6.07) is 11.2.